The molecule has 0 heterocycles. The Balaban J connectivity index is 0.00000264. The SMILES string of the molecule is Cl.Nc1cccc(C(=O)NCCCCOCc2ccccc2)c1. The zero-order chi connectivity index (χ0) is 15.6. The summed E-state index contributed by atoms with van der Waals surface area (Å²) < 4.78 is 5.60. The van der Waals surface area contributed by atoms with Gasteiger partial charge in [-0.15, -0.1) is 12.4 Å². The average Bonchev–Trinajstić information content (AvgIpc) is 2.54. The van der Waals surface area contributed by atoms with Crippen LogP contribution in [0.1, 0.15) is 28.8 Å². The summed E-state index contributed by atoms with van der Waals surface area (Å²) in [4.78, 5) is 11.9. The molecule has 0 fully saturated rings. The molecule has 0 bridgehead atoms. The minimum absolute atomic E-state index is 0. The normalized spacial score (nSPS) is 9.91. The molecule has 0 radical (unpaired) electrons. The van der Waals surface area contributed by atoms with Crippen LogP contribution in [0.5, 0.6) is 0 Å². The van der Waals surface area contributed by atoms with Crippen LogP contribution in [-0.4, -0.2) is 19.1 Å². The van der Waals surface area contributed by atoms with Gasteiger partial charge in [0.25, 0.3) is 5.91 Å². The highest BCUT2D eigenvalue weighted by atomic mass is 35.5. The van der Waals surface area contributed by atoms with Crippen LogP contribution in [0.15, 0.2) is 54.6 Å². The molecule has 0 saturated heterocycles. The second-order valence-corrected chi connectivity index (χ2v) is 5.13. The molecule has 2 aromatic carbocycles. The number of nitrogens with two attached hydrogens (primary N) is 1. The van der Waals surface area contributed by atoms with Crippen molar-refractivity contribution in [2.75, 3.05) is 18.9 Å². The smallest absolute Gasteiger partial charge is 0.251 e. The number of hydrogen-bond acceptors (Lipinski definition) is 3. The highest BCUT2D eigenvalue weighted by Gasteiger charge is 2.04. The van der Waals surface area contributed by atoms with Gasteiger partial charge in [0.2, 0.25) is 0 Å². The summed E-state index contributed by atoms with van der Waals surface area (Å²) >= 11 is 0. The number of benzene rings is 2. The zero-order valence-corrected chi connectivity index (χ0v) is 13.9. The first-order valence-corrected chi connectivity index (χ1v) is 7.51. The lowest BCUT2D eigenvalue weighted by molar-refractivity contribution is 0.0946. The van der Waals surface area contributed by atoms with Crippen LogP contribution in [0.2, 0.25) is 0 Å². The van der Waals surface area contributed by atoms with E-state index in [1.807, 2.05) is 30.3 Å². The number of carbonyl (C=O) groups excluding carboxylic acids is 1. The zero-order valence-electron chi connectivity index (χ0n) is 13.0. The number of anilines is 1. The minimum atomic E-state index is -0.0856. The fourth-order valence-electron chi connectivity index (χ4n) is 2.08. The summed E-state index contributed by atoms with van der Waals surface area (Å²) in [7, 11) is 0. The fraction of sp³-hybridized carbons (Fsp3) is 0.278. The quantitative estimate of drug-likeness (QED) is 0.574. The van der Waals surface area contributed by atoms with Crippen molar-refractivity contribution in [2.24, 2.45) is 0 Å². The van der Waals surface area contributed by atoms with Gasteiger partial charge >= 0.3 is 0 Å². The molecule has 0 aromatic heterocycles. The molecule has 0 aliphatic heterocycles. The van der Waals surface area contributed by atoms with Crippen LogP contribution in [0, 0.1) is 0 Å². The summed E-state index contributed by atoms with van der Waals surface area (Å²) in [5, 5.41) is 2.88. The van der Waals surface area contributed by atoms with Crippen LogP contribution >= 0.6 is 12.4 Å². The van der Waals surface area contributed by atoms with Gasteiger partial charge in [0, 0.05) is 24.4 Å². The molecular formula is C18H23ClN2O2. The van der Waals surface area contributed by atoms with E-state index in [0.717, 1.165) is 12.8 Å². The van der Waals surface area contributed by atoms with Gasteiger partial charge in [0.1, 0.15) is 0 Å². The van der Waals surface area contributed by atoms with Crippen molar-refractivity contribution in [3.63, 3.8) is 0 Å². The van der Waals surface area contributed by atoms with Crippen molar-refractivity contribution in [2.45, 2.75) is 19.4 Å². The van der Waals surface area contributed by atoms with Gasteiger partial charge in [0.05, 0.1) is 6.61 Å². The highest BCUT2D eigenvalue weighted by Crippen LogP contribution is 2.06. The number of nitrogen functional groups attached to an aromatic ring is 1. The maximum absolute atomic E-state index is 11.9. The number of ether oxygens (including phenoxy) is 1. The molecule has 124 valence electrons. The summed E-state index contributed by atoms with van der Waals surface area (Å²) in [5.41, 5.74) is 8.03. The Kier molecular flexibility index (Phi) is 8.80. The maximum Gasteiger partial charge on any atom is 0.251 e. The number of nitrogens with one attached hydrogen (secondary N) is 1. The number of hydrogen-bond donors (Lipinski definition) is 2. The van der Waals surface area contributed by atoms with E-state index in [0.29, 0.717) is 31.0 Å². The molecule has 2 rings (SSSR count). The highest BCUT2D eigenvalue weighted by molar-refractivity contribution is 5.94. The molecule has 1 amide bonds. The standard InChI is InChI=1S/C18H22N2O2.ClH/c19-17-10-6-9-16(13-17)18(21)20-11-4-5-12-22-14-15-7-2-1-3-8-15;/h1-3,6-10,13H,4-5,11-12,14,19H2,(H,20,21);1H. The Morgan fingerprint density at radius 3 is 2.57 bits per heavy atom. The van der Waals surface area contributed by atoms with Crippen LogP contribution in [0.3, 0.4) is 0 Å². The summed E-state index contributed by atoms with van der Waals surface area (Å²) in [6, 6.07) is 17.1. The van der Waals surface area contributed by atoms with Crippen molar-refractivity contribution in [1.29, 1.82) is 0 Å². The molecule has 3 N–H and O–H groups in total. The number of rotatable bonds is 8. The van der Waals surface area contributed by atoms with Crippen LogP contribution in [-0.2, 0) is 11.3 Å². The Bertz CT molecular complexity index is 591. The summed E-state index contributed by atoms with van der Waals surface area (Å²) in [6.45, 7) is 1.97. The van der Waals surface area contributed by atoms with Gasteiger partial charge < -0.3 is 15.8 Å². The van der Waals surface area contributed by atoms with E-state index < -0.39 is 0 Å². The van der Waals surface area contributed by atoms with Crippen molar-refractivity contribution in [3.05, 3.63) is 65.7 Å². The summed E-state index contributed by atoms with van der Waals surface area (Å²) in [6.07, 6.45) is 1.81. The van der Waals surface area contributed by atoms with Gasteiger partial charge in [-0.2, -0.15) is 0 Å². The molecule has 0 unspecified atom stereocenters. The number of carbonyl (C=O) groups is 1. The number of halogens is 1. The average molecular weight is 335 g/mol. The predicted octanol–water partition coefficient (Wildman–Crippen LogP) is 3.42. The predicted molar refractivity (Wildman–Crippen MR) is 95.8 cm³/mol. The van der Waals surface area contributed by atoms with Gasteiger partial charge in [0.15, 0.2) is 0 Å². The topological polar surface area (TPSA) is 64.4 Å². The fourth-order valence-corrected chi connectivity index (χ4v) is 2.08. The second kappa shape index (κ2) is 10.6. The lowest BCUT2D eigenvalue weighted by atomic mass is 10.2. The molecule has 0 saturated carbocycles. The van der Waals surface area contributed by atoms with E-state index in [2.05, 4.69) is 5.32 Å². The largest absolute Gasteiger partial charge is 0.399 e. The lowest BCUT2D eigenvalue weighted by Crippen LogP contribution is -2.24. The van der Waals surface area contributed by atoms with Crippen molar-refractivity contribution in [3.8, 4) is 0 Å². The molecular weight excluding hydrogens is 312 g/mol. The van der Waals surface area contributed by atoms with Crippen LogP contribution in [0.4, 0.5) is 5.69 Å². The molecule has 5 heteroatoms. The van der Waals surface area contributed by atoms with E-state index in [-0.39, 0.29) is 18.3 Å². The molecule has 4 nitrogen and oxygen atoms in total. The van der Waals surface area contributed by atoms with E-state index in [4.69, 9.17) is 10.5 Å². The van der Waals surface area contributed by atoms with Crippen molar-refractivity contribution >= 4 is 24.0 Å². The first kappa shape index (κ1) is 19.0. The molecule has 0 aliphatic rings. The second-order valence-electron chi connectivity index (χ2n) is 5.13. The third-order valence-corrected chi connectivity index (χ3v) is 3.26. The third-order valence-electron chi connectivity index (χ3n) is 3.26. The van der Waals surface area contributed by atoms with Crippen LogP contribution < -0.4 is 11.1 Å². The first-order chi connectivity index (χ1) is 10.8. The third kappa shape index (κ3) is 7.17. The van der Waals surface area contributed by atoms with Crippen molar-refractivity contribution < 1.29 is 9.53 Å². The Morgan fingerprint density at radius 1 is 1.04 bits per heavy atom. The van der Waals surface area contributed by atoms with Gasteiger partial charge in [-0.3, -0.25) is 4.79 Å². The van der Waals surface area contributed by atoms with Gasteiger partial charge in [-0.25, -0.2) is 0 Å². The minimum Gasteiger partial charge on any atom is -0.399 e. The maximum atomic E-state index is 11.9. The summed E-state index contributed by atoms with van der Waals surface area (Å²) in [5.74, 6) is -0.0856. The Morgan fingerprint density at radius 2 is 1.83 bits per heavy atom. The van der Waals surface area contributed by atoms with Crippen molar-refractivity contribution in [1.82, 2.24) is 5.32 Å². The molecule has 0 spiro atoms. The van der Waals surface area contributed by atoms with E-state index in [1.54, 1.807) is 24.3 Å². The number of amides is 1. The first-order valence-electron chi connectivity index (χ1n) is 7.51. The number of unbranched alkanes of at least 4 members (excludes halogenated alkanes) is 1. The molecule has 2 aromatic rings. The van der Waals surface area contributed by atoms with E-state index in [9.17, 15) is 4.79 Å². The lowest BCUT2D eigenvalue weighted by Gasteiger charge is -2.07. The molecule has 0 aliphatic carbocycles. The van der Waals surface area contributed by atoms with E-state index >= 15 is 0 Å². The Labute approximate surface area is 143 Å². The van der Waals surface area contributed by atoms with Gasteiger partial charge in [-0.05, 0) is 36.6 Å². The van der Waals surface area contributed by atoms with Gasteiger partial charge in [-0.1, -0.05) is 36.4 Å². The Hall–Kier alpha value is -2.04. The molecule has 0 atom stereocenters. The van der Waals surface area contributed by atoms with E-state index in [1.165, 1.54) is 5.56 Å². The molecule has 23 heavy (non-hydrogen) atoms. The monoisotopic (exact) mass is 334 g/mol. The van der Waals surface area contributed by atoms with Crippen LogP contribution in [0.25, 0.3) is 0 Å².